The molecule has 0 bridgehead atoms. The summed E-state index contributed by atoms with van der Waals surface area (Å²) >= 11 is 0. The van der Waals surface area contributed by atoms with Gasteiger partial charge in [-0.25, -0.2) is 8.42 Å². The third kappa shape index (κ3) is 4.09. The van der Waals surface area contributed by atoms with Crippen molar-refractivity contribution in [2.45, 2.75) is 49.2 Å². The molecule has 174 valence electrons. The first-order valence-corrected chi connectivity index (χ1v) is 11.0. The number of carbonyl (C=O) groups is 1. The van der Waals surface area contributed by atoms with Crippen LogP contribution in [0.15, 0.2) is 27.5 Å². The number of aromatic nitrogens is 2. The van der Waals surface area contributed by atoms with Gasteiger partial charge in [0.05, 0.1) is 23.6 Å². The quantitative estimate of drug-likeness (QED) is 0.655. The minimum Gasteiger partial charge on any atom is -0.415 e. The van der Waals surface area contributed by atoms with Gasteiger partial charge in [0.15, 0.2) is 0 Å². The van der Waals surface area contributed by atoms with E-state index in [1.165, 1.54) is 18.2 Å². The second-order valence-electron chi connectivity index (χ2n) is 7.52. The predicted octanol–water partition coefficient (Wildman–Crippen LogP) is 2.11. The zero-order valence-corrected chi connectivity index (χ0v) is 17.4. The normalized spacial score (nSPS) is 23.3. The topological polar surface area (TPSA) is 115 Å². The van der Waals surface area contributed by atoms with Crippen LogP contribution in [0.1, 0.15) is 31.2 Å². The lowest BCUT2D eigenvalue weighted by Gasteiger charge is -2.37. The maximum Gasteiger partial charge on any atom is 0.321 e. The molecule has 2 aromatic rings. The lowest BCUT2D eigenvalue weighted by atomic mass is 10.0. The van der Waals surface area contributed by atoms with Gasteiger partial charge in [0.2, 0.25) is 15.9 Å². The molecule has 1 aromatic carbocycles. The van der Waals surface area contributed by atoms with Crippen LogP contribution in [0, 0.1) is 0 Å². The molecule has 2 aliphatic rings. The number of fused-ring (bicyclic) bond motifs is 1. The molecule has 0 saturated carbocycles. The highest BCUT2D eigenvalue weighted by Crippen LogP contribution is 2.37. The third-order valence-corrected chi connectivity index (χ3v) is 7.22. The summed E-state index contributed by atoms with van der Waals surface area (Å²) < 4.78 is 89.9. The first-order valence-electron chi connectivity index (χ1n) is 9.51. The second kappa shape index (κ2) is 8.08. The van der Waals surface area contributed by atoms with E-state index in [0.29, 0.717) is 12.5 Å². The number of benzene rings is 1. The third-order valence-electron chi connectivity index (χ3n) is 5.27. The number of carbonyl (C=O) groups excluding carboxylic acids is 1. The number of sulfonamides is 1. The molecular weight excluding hydrogens is 460 g/mol. The summed E-state index contributed by atoms with van der Waals surface area (Å²) in [6, 6.07) is 2.37. The molecular formula is C18H18F4N4O5S. The van der Waals surface area contributed by atoms with E-state index < -0.39 is 46.3 Å². The van der Waals surface area contributed by atoms with Gasteiger partial charge >= 0.3 is 12.3 Å². The van der Waals surface area contributed by atoms with Gasteiger partial charge in [-0.3, -0.25) is 4.79 Å². The van der Waals surface area contributed by atoms with Gasteiger partial charge in [-0.05, 0) is 24.1 Å². The lowest BCUT2D eigenvalue weighted by Crippen LogP contribution is -2.58. The number of nitrogens with one attached hydrogen (secondary N) is 1. The van der Waals surface area contributed by atoms with E-state index in [0.717, 1.165) is 4.31 Å². The molecule has 9 nitrogen and oxygen atoms in total. The molecule has 1 saturated heterocycles. The molecule has 1 aromatic heterocycles. The van der Waals surface area contributed by atoms with Crippen LogP contribution in [0.4, 0.5) is 17.6 Å². The van der Waals surface area contributed by atoms with Crippen molar-refractivity contribution in [2.24, 2.45) is 0 Å². The fourth-order valence-corrected chi connectivity index (χ4v) is 5.51. The van der Waals surface area contributed by atoms with Crippen LogP contribution in [0.5, 0.6) is 0 Å². The number of ether oxygens (including phenoxy) is 1. The van der Waals surface area contributed by atoms with E-state index >= 15 is 0 Å². The maximum absolute atomic E-state index is 13.4. The van der Waals surface area contributed by atoms with Crippen molar-refractivity contribution in [2.75, 3.05) is 13.2 Å². The van der Waals surface area contributed by atoms with E-state index in [-0.39, 0.29) is 42.5 Å². The minimum atomic E-state index is -4.11. The Balaban J connectivity index is 1.62. The SMILES string of the molecule is CC(F)(F)C(=O)N[C@@H]1CCOC[C@H]1N1Cc2ccc(-c3nnc(C(F)F)o3)cc2S1(=O)=O. The Labute approximate surface area is 179 Å². The Kier molecular flexibility index (Phi) is 5.71. The molecule has 2 atom stereocenters. The Bertz CT molecular complexity index is 1130. The molecule has 3 heterocycles. The van der Waals surface area contributed by atoms with Crippen molar-refractivity contribution in [3.63, 3.8) is 0 Å². The van der Waals surface area contributed by atoms with Gasteiger partial charge < -0.3 is 14.5 Å². The molecule has 1 amide bonds. The summed E-state index contributed by atoms with van der Waals surface area (Å²) in [7, 11) is -4.11. The highest BCUT2D eigenvalue weighted by Gasteiger charge is 2.45. The molecule has 4 rings (SSSR count). The maximum atomic E-state index is 13.4. The predicted molar refractivity (Wildman–Crippen MR) is 99.2 cm³/mol. The van der Waals surface area contributed by atoms with Crippen molar-refractivity contribution in [1.29, 1.82) is 0 Å². The zero-order chi connectivity index (χ0) is 23.3. The average Bonchev–Trinajstić information content (AvgIpc) is 3.31. The van der Waals surface area contributed by atoms with Crippen LogP contribution in [0.2, 0.25) is 0 Å². The molecule has 0 spiro atoms. The van der Waals surface area contributed by atoms with Crippen molar-refractivity contribution in [1.82, 2.24) is 19.8 Å². The Morgan fingerprint density at radius 1 is 1.31 bits per heavy atom. The van der Waals surface area contributed by atoms with Crippen LogP contribution < -0.4 is 5.32 Å². The summed E-state index contributed by atoms with van der Waals surface area (Å²) in [6.45, 7) is 0.456. The average molecular weight is 478 g/mol. The fraction of sp³-hybridized carbons (Fsp3) is 0.500. The Hall–Kier alpha value is -2.58. The number of halogens is 4. The number of amides is 1. The van der Waals surface area contributed by atoms with Crippen molar-refractivity contribution >= 4 is 15.9 Å². The highest BCUT2D eigenvalue weighted by atomic mass is 32.2. The van der Waals surface area contributed by atoms with Crippen LogP contribution in [-0.4, -0.2) is 60.0 Å². The van der Waals surface area contributed by atoms with E-state index in [1.807, 2.05) is 0 Å². The van der Waals surface area contributed by atoms with Gasteiger partial charge in [-0.1, -0.05) is 6.07 Å². The zero-order valence-electron chi connectivity index (χ0n) is 16.6. The summed E-state index contributed by atoms with van der Waals surface area (Å²) in [5, 5.41) is 8.96. The molecule has 14 heteroatoms. The van der Waals surface area contributed by atoms with Crippen molar-refractivity contribution < 1.29 is 39.9 Å². The number of nitrogens with zero attached hydrogens (tertiary/aromatic N) is 3. The summed E-state index contributed by atoms with van der Waals surface area (Å²) in [6.07, 6.45) is -2.82. The van der Waals surface area contributed by atoms with E-state index in [1.54, 1.807) is 0 Å². The highest BCUT2D eigenvalue weighted by molar-refractivity contribution is 7.89. The Morgan fingerprint density at radius 2 is 2.06 bits per heavy atom. The first kappa shape index (κ1) is 22.6. The van der Waals surface area contributed by atoms with Gasteiger partial charge in [0, 0.05) is 25.6 Å². The molecule has 32 heavy (non-hydrogen) atoms. The lowest BCUT2D eigenvalue weighted by molar-refractivity contribution is -0.145. The molecule has 0 unspecified atom stereocenters. The second-order valence-corrected chi connectivity index (χ2v) is 9.38. The molecule has 0 aliphatic carbocycles. The van der Waals surface area contributed by atoms with Gasteiger partial charge in [0.1, 0.15) is 0 Å². The molecule has 2 aliphatic heterocycles. The summed E-state index contributed by atoms with van der Waals surface area (Å²) in [5.41, 5.74) is 0.530. The largest absolute Gasteiger partial charge is 0.415 e. The van der Waals surface area contributed by atoms with E-state index in [2.05, 4.69) is 15.5 Å². The van der Waals surface area contributed by atoms with Crippen molar-refractivity contribution in [3.05, 3.63) is 29.7 Å². The van der Waals surface area contributed by atoms with Crippen LogP contribution in [-0.2, 0) is 26.1 Å². The van der Waals surface area contributed by atoms with E-state index in [4.69, 9.17) is 9.15 Å². The van der Waals surface area contributed by atoms with Crippen molar-refractivity contribution in [3.8, 4) is 11.5 Å². The monoisotopic (exact) mass is 478 g/mol. The number of alkyl halides is 4. The molecule has 1 fully saturated rings. The van der Waals surface area contributed by atoms with Gasteiger partial charge in [-0.2, -0.15) is 21.9 Å². The first-order chi connectivity index (χ1) is 15.0. The summed E-state index contributed by atoms with van der Waals surface area (Å²) in [5.74, 6) is -6.29. The fourth-order valence-electron chi connectivity index (χ4n) is 3.64. The smallest absolute Gasteiger partial charge is 0.321 e. The van der Waals surface area contributed by atoms with Crippen LogP contribution in [0.25, 0.3) is 11.5 Å². The molecule has 0 radical (unpaired) electrons. The van der Waals surface area contributed by atoms with Crippen LogP contribution >= 0.6 is 0 Å². The standard InChI is InChI=1S/C18H18F4N4O5S/c1-18(21,22)17(27)23-11-4-5-30-8-12(11)26-7-10-3-2-9(6-13(10)32(26,28)29)15-24-25-16(31-15)14(19)20/h2-3,6,11-12,14H,4-5,7-8H2,1H3,(H,23,27)/t11-,12-/m1/s1. The van der Waals surface area contributed by atoms with Gasteiger partial charge in [-0.15, -0.1) is 10.2 Å². The molecule has 1 N–H and O–H groups in total. The van der Waals surface area contributed by atoms with Gasteiger partial charge in [0.25, 0.3) is 11.8 Å². The number of hydrogen-bond donors (Lipinski definition) is 1. The van der Waals surface area contributed by atoms with Crippen LogP contribution in [0.3, 0.4) is 0 Å². The summed E-state index contributed by atoms with van der Waals surface area (Å²) in [4.78, 5) is 11.7. The number of rotatable bonds is 5. The Morgan fingerprint density at radius 3 is 2.72 bits per heavy atom. The number of hydrogen-bond acceptors (Lipinski definition) is 7. The minimum absolute atomic E-state index is 0.0764. The van der Waals surface area contributed by atoms with E-state index in [9.17, 15) is 30.8 Å².